The lowest BCUT2D eigenvalue weighted by molar-refractivity contribution is -0.105. The van der Waals surface area contributed by atoms with Gasteiger partial charge in [-0.05, 0) is 29.8 Å². The van der Waals surface area contributed by atoms with Crippen LogP contribution in [-0.4, -0.2) is 21.4 Å². The molecule has 2 heterocycles. The van der Waals surface area contributed by atoms with Crippen molar-refractivity contribution in [1.29, 1.82) is 0 Å². The van der Waals surface area contributed by atoms with E-state index in [0.29, 0.717) is 24.0 Å². The lowest BCUT2D eigenvalue weighted by Crippen LogP contribution is -2.03. The second kappa shape index (κ2) is 7.21. The van der Waals surface area contributed by atoms with E-state index in [2.05, 4.69) is 15.3 Å². The first kappa shape index (κ1) is 16.7. The fraction of sp³-hybridized carbons (Fsp3) is 0.0476. The maximum absolute atomic E-state index is 10.7. The molecule has 1 amide bonds. The molecule has 0 bridgehead atoms. The Morgan fingerprint density at radius 3 is 2.59 bits per heavy atom. The number of aromatic nitrogens is 3. The van der Waals surface area contributed by atoms with Gasteiger partial charge in [-0.3, -0.25) is 4.79 Å². The zero-order chi connectivity index (χ0) is 18.6. The van der Waals surface area contributed by atoms with Gasteiger partial charge in [0.25, 0.3) is 0 Å². The second-order valence-electron chi connectivity index (χ2n) is 6.10. The molecular weight excluding hydrogens is 338 g/mol. The topological polar surface area (TPSA) is 93.8 Å². The minimum absolute atomic E-state index is 0.236. The third kappa shape index (κ3) is 3.59. The van der Waals surface area contributed by atoms with Crippen LogP contribution >= 0.6 is 0 Å². The van der Waals surface area contributed by atoms with Crippen molar-refractivity contribution in [3.05, 3.63) is 78.0 Å². The first-order chi connectivity index (χ1) is 13.2. The van der Waals surface area contributed by atoms with Crippen LogP contribution in [0.5, 0.6) is 0 Å². The lowest BCUT2D eigenvalue weighted by atomic mass is 10.1. The number of carbonyl (C=O) groups is 1. The molecule has 0 atom stereocenters. The molecule has 0 unspecified atom stereocenters. The van der Waals surface area contributed by atoms with E-state index in [9.17, 15) is 4.79 Å². The van der Waals surface area contributed by atoms with E-state index >= 15 is 0 Å². The summed E-state index contributed by atoms with van der Waals surface area (Å²) >= 11 is 0. The van der Waals surface area contributed by atoms with Crippen molar-refractivity contribution >= 4 is 29.1 Å². The summed E-state index contributed by atoms with van der Waals surface area (Å²) in [5.74, 6) is 0.236. The smallest absolute Gasteiger partial charge is 0.220 e. The molecule has 6 heteroatoms. The summed E-state index contributed by atoms with van der Waals surface area (Å²) in [5.41, 5.74) is 11.6. The summed E-state index contributed by atoms with van der Waals surface area (Å²) in [6, 6.07) is 21.3. The molecule has 0 fully saturated rings. The number of rotatable bonds is 5. The Morgan fingerprint density at radius 2 is 1.78 bits per heavy atom. The number of nitrogens with two attached hydrogens (primary N) is 1. The number of anilines is 2. The van der Waals surface area contributed by atoms with Crippen LogP contribution in [0.15, 0.2) is 66.7 Å². The third-order valence-electron chi connectivity index (χ3n) is 4.23. The number of nitrogens with zero attached hydrogens (tertiary/aromatic N) is 3. The zero-order valence-corrected chi connectivity index (χ0v) is 14.5. The van der Waals surface area contributed by atoms with Crippen molar-refractivity contribution in [1.82, 2.24) is 15.0 Å². The molecular formula is C21H17N5O. The van der Waals surface area contributed by atoms with Crippen LogP contribution < -0.4 is 11.1 Å². The number of nitrogens with one attached hydrogen (secondary N) is 1. The van der Waals surface area contributed by atoms with E-state index in [4.69, 9.17) is 10.7 Å². The summed E-state index contributed by atoms with van der Waals surface area (Å²) in [5, 5.41) is 2.66. The number of carbonyl (C=O) groups excluding carboxylic acids is 1. The highest BCUT2D eigenvalue weighted by molar-refractivity contribution is 5.82. The van der Waals surface area contributed by atoms with E-state index in [-0.39, 0.29) is 5.95 Å². The molecule has 0 radical (unpaired) electrons. The van der Waals surface area contributed by atoms with Gasteiger partial charge in [0.15, 0.2) is 0 Å². The maximum atomic E-state index is 10.7. The molecule has 0 spiro atoms. The molecule has 0 saturated carbocycles. The van der Waals surface area contributed by atoms with Gasteiger partial charge in [-0.2, -0.15) is 0 Å². The fourth-order valence-corrected chi connectivity index (χ4v) is 3.00. The summed E-state index contributed by atoms with van der Waals surface area (Å²) in [4.78, 5) is 24.2. The molecule has 2 aromatic carbocycles. The summed E-state index contributed by atoms with van der Waals surface area (Å²) in [6.45, 7) is 0. The Kier molecular flexibility index (Phi) is 4.45. The third-order valence-corrected chi connectivity index (χ3v) is 4.23. The van der Waals surface area contributed by atoms with Crippen LogP contribution in [0.1, 0.15) is 11.3 Å². The number of pyridine rings is 1. The highest BCUT2D eigenvalue weighted by Gasteiger charge is 2.11. The number of benzene rings is 2. The van der Waals surface area contributed by atoms with E-state index in [1.54, 1.807) is 0 Å². The quantitative estimate of drug-likeness (QED) is 0.535. The Balaban J connectivity index is 1.81. The Hall–Kier alpha value is -3.80. The Labute approximate surface area is 156 Å². The molecule has 4 rings (SSSR count). The minimum Gasteiger partial charge on any atom is -0.368 e. The summed E-state index contributed by atoms with van der Waals surface area (Å²) < 4.78 is 0. The van der Waals surface area contributed by atoms with Crippen molar-refractivity contribution in [2.75, 3.05) is 11.1 Å². The van der Waals surface area contributed by atoms with Crippen LogP contribution in [0.25, 0.3) is 22.3 Å². The van der Waals surface area contributed by atoms with Crippen LogP contribution in [0, 0.1) is 0 Å². The van der Waals surface area contributed by atoms with Crippen LogP contribution in [0.3, 0.4) is 0 Å². The fourth-order valence-electron chi connectivity index (χ4n) is 3.00. The van der Waals surface area contributed by atoms with E-state index in [1.165, 1.54) is 0 Å². The van der Waals surface area contributed by atoms with Crippen molar-refractivity contribution in [2.45, 2.75) is 6.42 Å². The van der Waals surface area contributed by atoms with Gasteiger partial charge in [-0.25, -0.2) is 15.0 Å². The molecule has 0 aliphatic rings. The molecule has 27 heavy (non-hydrogen) atoms. The summed E-state index contributed by atoms with van der Waals surface area (Å²) in [6.07, 6.45) is 1.27. The highest BCUT2D eigenvalue weighted by Crippen LogP contribution is 2.25. The van der Waals surface area contributed by atoms with Crippen molar-refractivity contribution in [3.63, 3.8) is 0 Å². The molecule has 6 nitrogen and oxygen atoms in total. The van der Waals surface area contributed by atoms with E-state index in [0.717, 1.165) is 28.0 Å². The average molecular weight is 355 g/mol. The monoisotopic (exact) mass is 355 g/mol. The predicted octanol–water partition coefficient (Wildman–Crippen LogP) is 3.43. The molecule has 4 aromatic rings. The highest BCUT2D eigenvalue weighted by atomic mass is 16.1. The summed E-state index contributed by atoms with van der Waals surface area (Å²) in [7, 11) is 0. The average Bonchev–Trinajstić information content (AvgIpc) is 2.69. The van der Waals surface area contributed by atoms with Gasteiger partial charge in [0.1, 0.15) is 5.52 Å². The number of hydrogen-bond acceptors (Lipinski definition) is 5. The first-order valence-electron chi connectivity index (χ1n) is 8.50. The molecule has 2 aromatic heterocycles. The Morgan fingerprint density at radius 1 is 0.926 bits per heavy atom. The number of fused-ring (bicyclic) bond motifs is 1. The molecule has 0 aliphatic heterocycles. The van der Waals surface area contributed by atoms with Crippen molar-refractivity contribution in [3.8, 4) is 11.3 Å². The zero-order valence-electron chi connectivity index (χ0n) is 14.5. The lowest BCUT2D eigenvalue weighted by Gasteiger charge is -2.09. The SMILES string of the molecule is Nc1nc(Cc2ccccc2)c2nc(-c3cccc(NC=O)c3)ccc2n1. The van der Waals surface area contributed by atoms with Gasteiger partial charge in [0, 0.05) is 17.7 Å². The van der Waals surface area contributed by atoms with Gasteiger partial charge in [-0.1, -0.05) is 42.5 Å². The van der Waals surface area contributed by atoms with E-state index < -0.39 is 0 Å². The second-order valence-corrected chi connectivity index (χ2v) is 6.10. The molecule has 0 saturated heterocycles. The first-order valence-corrected chi connectivity index (χ1v) is 8.50. The largest absolute Gasteiger partial charge is 0.368 e. The number of amides is 1. The number of nitrogen functional groups attached to an aromatic ring is 1. The van der Waals surface area contributed by atoms with Crippen LogP contribution in [-0.2, 0) is 11.2 Å². The van der Waals surface area contributed by atoms with Gasteiger partial charge in [0.2, 0.25) is 12.4 Å². The van der Waals surface area contributed by atoms with Gasteiger partial charge in [-0.15, -0.1) is 0 Å². The number of hydrogen-bond donors (Lipinski definition) is 2. The minimum atomic E-state index is 0.236. The molecule has 3 N–H and O–H groups in total. The normalized spacial score (nSPS) is 10.7. The van der Waals surface area contributed by atoms with Gasteiger partial charge in [0.05, 0.1) is 16.9 Å². The predicted molar refractivity (Wildman–Crippen MR) is 106 cm³/mol. The van der Waals surface area contributed by atoms with Crippen LogP contribution in [0.2, 0.25) is 0 Å². The van der Waals surface area contributed by atoms with E-state index in [1.807, 2.05) is 66.7 Å². The van der Waals surface area contributed by atoms with Crippen LogP contribution in [0.4, 0.5) is 11.6 Å². The maximum Gasteiger partial charge on any atom is 0.220 e. The molecule has 132 valence electrons. The molecule has 0 aliphatic carbocycles. The van der Waals surface area contributed by atoms with Gasteiger partial charge >= 0.3 is 0 Å². The van der Waals surface area contributed by atoms with Crippen molar-refractivity contribution in [2.24, 2.45) is 0 Å². The Bertz CT molecular complexity index is 1110. The van der Waals surface area contributed by atoms with Gasteiger partial charge < -0.3 is 11.1 Å². The standard InChI is InChI=1S/C21H17N5O/c22-21-25-18-10-9-17(15-7-4-8-16(12-15)23-13-27)24-20(18)19(26-21)11-14-5-2-1-3-6-14/h1-10,12-13H,11H2,(H,23,27)(H2,22,25,26). The van der Waals surface area contributed by atoms with Crippen molar-refractivity contribution < 1.29 is 4.79 Å².